The molecule has 3 rings (SSSR count). The third kappa shape index (κ3) is 1.41. The smallest absolute Gasteiger partial charge is 0.131 e. The lowest BCUT2D eigenvalue weighted by atomic mass is 10.0. The summed E-state index contributed by atoms with van der Waals surface area (Å²) < 4.78 is 0. The van der Waals surface area contributed by atoms with Crippen molar-refractivity contribution in [2.24, 2.45) is 0 Å². The fourth-order valence-electron chi connectivity index (χ4n) is 1.99. The van der Waals surface area contributed by atoms with Crippen LogP contribution in [0.4, 0.5) is 0 Å². The zero-order valence-corrected chi connectivity index (χ0v) is 8.14. The summed E-state index contributed by atoms with van der Waals surface area (Å²) in [7, 11) is 0. The van der Waals surface area contributed by atoms with Gasteiger partial charge in [-0.3, -0.25) is 0 Å². The maximum absolute atomic E-state index is 10.1. The number of hydrogen-bond acceptors (Lipinski definition) is 1. The molecule has 0 radical (unpaired) electrons. The van der Waals surface area contributed by atoms with Crippen LogP contribution in [-0.4, -0.2) is 5.11 Å². The first-order valence-corrected chi connectivity index (χ1v) is 4.96. The molecule has 80 valence electrons. The highest BCUT2D eigenvalue weighted by atomic mass is 16.3. The molecule has 0 heterocycles. The maximum Gasteiger partial charge on any atom is 0.131 e. The lowest BCUT2D eigenvalue weighted by molar-refractivity contribution is 0.488. The monoisotopic (exact) mass is 210 g/mol. The van der Waals surface area contributed by atoms with Gasteiger partial charge in [-0.25, -0.2) is 0 Å². The number of fused-ring (bicyclic) bond motifs is 2. The van der Waals surface area contributed by atoms with Crippen LogP contribution in [0.15, 0.2) is 54.6 Å². The highest BCUT2D eigenvalue weighted by Crippen LogP contribution is 2.33. The molecule has 3 aromatic rings. The first-order chi connectivity index (χ1) is 7.36. The Morgan fingerprint density at radius 2 is 1.12 bits per heavy atom. The number of aromatic hydroxyl groups is 1. The highest BCUT2D eigenvalue weighted by Gasteiger charge is 2.04. The SMILES string of the molecule is C.Oc1c2ccccc2cc2ccccc12. The van der Waals surface area contributed by atoms with Crippen LogP contribution in [0, 0.1) is 0 Å². The minimum absolute atomic E-state index is 0. The molecule has 1 heteroatoms. The van der Waals surface area contributed by atoms with Crippen molar-refractivity contribution in [3.8, 4) is 5.75 Å². The van der Waals surface area contributed by atoms with Crippen LogP contribution >= 0.6 is 0 Å². The Hall–Kier alpha value is -2.02. The van der Waals surface area contributed by atoms with Crippen LogP contribution in [0.25, 0.3) is 21.5 Å². The lowest BCUT2D eigenvalue weighted by Crippen LogP contribution is -1.77. The summed E-state index contributed by atoms with van der Waals surface area (Å²) in [6.45, 7) is 0. The van der Waals surface area contributed by atoms with Crippen molar-refractivity contribution in [2.75, 3.05) is 0 Å². The van der Waals surface area contributed by atoms with Crippen molar-refractivity contribution in [3.63, 3.8) is 0 Å². The van der Waals surface area contributed by atoms with Gasteiger partial charge in [0, 0.05) is 10.8 Å². The summed E-state index contributed by atoms with van der Waals surface area (Å²) in [4.78, 5) is 0. The minimum Gasteiger partial charge on any atom is -0.507 e. The molecule has 0 atom stereocenters. The second-order valence-electron chi connectivity index (χ2n) is 3.67. The van der Waals surface area contributed by atoms with Gasteiger partial charge in [-0.05, 0) is 16.8 Å². The number of hydrogen-bond donors (Lipinski definition) is 1. The number of phenolic OH excluding ortho intramolecular Hbond substituents is 1. The van der Waals surface area contributed by atoms with E-state index >= 15 is 0 Å². The quantitative estimate of drug-likeness (QED) is 0.547. The van der Waals surface area contributed by atoms with E-state index < -0.39 is 0 Å². The normalized spacial score (nSPS) is 10.2. The van der Waals surface area contributed by atoms with E-state index in [2.05, 4.69) is 6.07 Å². The Bertz CT molecular complexity index is 587. The molecule has 0 aromatic heterocycles. The Morgan fingerprint density at radius 1 is 0.688 bits per heavy atom. The molecule has 0 aliphatic carbocycles. The molecular formula is C15H14O. The lowest BCUT2D eigenvalue weighted by Gasteiger charge is -2.05. The summed E-state index contributed by atoms with van der Waals surface area (Å²) in [5.41, 5.74) is 0. The van der Waals surface area contributed by atoms with Gasteiger partial charge in [0.25, 0.3) is 0 Å². The van der Waals surface area contributed by atoms with Crippen LogP contribution in [0.5, 0.6) is 5.75 Å². The van der Waals surface area contributed by atoms with Gasteiger partial charge < -0.3 is 5.11 Å². The van der Waals surface area contributed by atoms with Gasteiger partial charge in [-0.15, -0.1) is 0 Å². The van der Waals surface area contributed by atoms with E-state index in [4.69, 9.17) is 0 Å². The third-order valence-electron chi connectivity index (χ3n) is 2.74. The van der Waals surface area contributed by atoms with E-state index in [1.165, 1.54) is 0 Å². The fraction of sp³-hybridized carbons (Fsp3) is 0.0667. The Morgan fingerprint density at radius 3 is 1.62 bits per heavy atom. The molecule has 1 N–H and O–H groups in total. The van der Waals surface area contributed by atoms with Crippen LogP contribution < -0.4 is 0 Å². The van der Waals surface area contributed by atoms with Crippen LogP contribution in [0.3, 0.4) is 0 Å². The fourth-order valence-corrected chi connectivity index (χ4v) is 1.99. The predicted octanol–water partition coefficient (Wildman–Crippen LogP) is 4.33. The van der Waals surface area contributed by atoms with Gasteiger partial charge >= 0.3 is 0 Å². The van der Waals surface area contributed by atoms with Crippen molar-refractivity contribution < 1.29 is 5.11 Å². The Balaban J connectivity index is 0.000000963. The Labute approximate surface area is 95.0 Å². The van der Waals surface area contributed by atoms with Crippen molar-refractivity contribution in [1.82, 2.24) is 0 Å². The highest BCUT2D eigenvalue weighted by molar-refractivity contribution is 6.04. The molecule has 0 aliphatic rings. The van der Waals surface area contributed by atoms with Crippen LogP contribution in [0.2, 0.25) is 0 Å². The number of phenols is 1. The van der Waals surface area contributed by atoms with E-state index in [1.54, 1.807) is 0 Å². The zero-order valence-electron chi connectivity index (χ0n) is 8.14. The average molecular weight is 210 g/mol. The summed E-state index contributed by atoms with van der Waals surface area (Å²) in [6.07, 6.45) is 0. The van der Waals surface area contributed by atoms with Crippen molar-refractivity contribution in [3.05, 3.63) is 54.6 Å². The standard InChI is InChI=1S/C14H10O.CH4/c15-14-12-7-3-1-5-10(12)9-11-6-2-4-8-13(11)14;/h1-9,15H;1H4. The molecule has 0 fully saturated rings. The summed E-state index contributed by atoms with van der Waals surface area (Å²) in [6, 6.07) is 17.9. The summed E-state index contributed by atoms with van der Waals surface area (Å²) in [5.74, 6) is 0.378. The van der Waals surface area contributed by atoms with E-state index in [1.807, 2.05) is 48.5 Å². The second kappa shape index (κ2) is 3.86. The van der Waals surface area contributed by atoms with Crippen LogP contribution in [0.1, 0.15) is 7.43 Å². The van der Waals surface area contributed by atoms with Crippen molar-refractivity contribution in [1.29, 1.82) is 0 Å². The van der Waals surface area contributed by atoms with Gasteiger partial charge in [0.1, 0.15) is 5.75 Å². The number of rotatable bonds is 0. The molecule has 0 saturated heterocycles. The van der Waals surface area contributed by atoms with E-state index in [9.17, 15) is 5.11 Å². The molecule has 0 saturated carbocycles. The maximum atomic E-state index is 10.1. The minimum atomic E-state index is 0. The first kappa shape index (κ1) is 10.5. The molecule has 3 aromatic carbocycles. The van der Waals surface area contributed by atoms with Gasteiger partial charge in [0.05, 0.1) is 0 Å². The van der Waals surface area contributed by atoms with Crippen LogP contribution in [-0.2, 0) is 0 Å². The Kier molecular flexibility index (Phi) is 2.53. The second-order valence-corrected chi connectivity index (χ2v) is 3.67. The summed E-state index contributed by atoms with van der Waals surface area (Å²) in [5, 5.41) is 14.1. The molecule has 1 nitrogen and oxygen atoms in total. The van der Waals surface area contributed by atoms with Gasteiger partial charge in [-0.2, -0.15) is 0 Å². The first-order valence-electron chi connectivity index (χ1n) is 4.96. The van der Waals surface area contributed by atoms with Crippen molar-refractivity contribution in [2.45, 2.75) is 7.43 Å². The van der Waals surface area contributed by atoms with Gasteiger partial charge in [0.2, 0.25) is 0 Å². The predicted molar refractivity (Wildman–Crippen MR) is 69.8 cm³/mol. The molecule has 0 bridgehead atoms. The summed E-state index contributed by atoms with van der Waals surface area (Å²) >= 11 is 0. The average Bonchev–Trinajstić information content (AvgIpc) is 2.30. The van der Waals surface area contributed by atoms with Gasteiger partial charge in [-0.1, -0.05) is 56.0 Å². The van der Waals surface area contributed by atoms with E-state index in [0.717, 1.165) is 21.5 Å². The largest absolute Gasteiger partial charge is 0.507 e. The molecule has 0 spiro atoms. The van der Waals surface area contributed by atoms with Gasteiger partial charge in [0.15, 0.2) is 0 Å². The zero-order chi connectivity index (χ0) is 10.3. The van der Waals surface area contributed by atoms with E-state index in [-0.39, 0.29) is 7.43 Å². The molecule has 16 heavy (non-hydrogen) atoms. The number of benzene rings is 3. The van der Waals surface area contributed by atoms with E-state index in [0.29, 0.717) is 5.75 Å². The molecule has 0 aliphatic heterocycles. The third-order valence-corrected chi connectivity index (χ3v) is 2.74. The topological polar surface area (TPSA) is 20.2 Å². The molecule has 0 amide bonds. The van der Waals surface area contributed by atoms with Crippen molar-refractivity contribution >= 4 is 21.5 Å². The molecular weight excluding hydrogens is 196 g/mol. The molecule has 0 unspecified atom stereocenters.